The van der Waals surface area contributed by atoms with Crippen molar-refractivity contribution in [1.29, 1.82) is 0 Å². The van der Waals surface area contributed by atoms with Gasteiger partial charge in [0.25, 0.3) is 0 Å². The van der Waals surface area contributed by atoms with Crippen molar-refractivity contribution in [3.63, 3.8) is 0 Å². The Morgan fingerprint density at radius 2 is 1.75 bits per heavy atom. The summed E-state index contributed by atoms with van der Waals surface area (Å²) < 4.78 is 5.23. The quantitative estimate of drug-likeness (QED) is 0.530. The number of hydrogen-bond donors (Lipinski definition) is 3. The van der Waals surface area contributed by atoms with E-state index in [1.165, 1.54) is 0 Å². The minimum atomic E-state index is -0.938. The molecule has 4 nitrogen and oxygen atoms in total. The first-order valence-corrected chi connectivity index (χ1v) is 4.33. The normalized spacial score (nSPS) is 42.0. The van der Waals surface area contributed by atoms with Crippen LogP contribution in [0.5, 0.6) is 0 Å². The predicted octanol–water partition coefficient (Wildman–Crippen LogP) is -0.732. The molecule has 0 spiro atoms. The summed E-state index contributed by atoms with van der Waals surface area (Å²) in [6.07, 6.45) is -1.10. The lowest BCUT2D eigenvalue weighted by molar-refractivity contribution is -0.0241. The van der Waals surface area contributed by atoms with Crippen molar-refractivity contribution in [2.75, 3.05) is 6.61 Å². The van der Waals surface area contributed by atoms with Gasteiger partial charge in [0.05, 0.1) is 12.7 Å². The second-order valence-corrected chi connectivity index (χ2v) is 3.17. The number of aliphatic hydroxyl groups excluding tert-OH is 3. The summed E-state index contributed by atoms with van der Waals surface area (Å²) in [6.45, 7) is 1.74. The molecule has 0 radical (unpaired) electrons. The van der Waals surface area contributed by atoms with Crippen molar-refractivity contribution >= 4 is 0 Å². The lowest BCUT2D eigenvalue weighted by Crippen LogP contribution is -2.33. The summed E-state index contributed by atoms with van der Waals surface area (Å²) in [5.41, 5.74) is 0. The second kappa shape index (κ2) is 4.18. The van der Waals surface area contributed by atoms with Gasteiger partial charge in [-0.15, -0.1) is 0 Å². The van der Waals surface area contributed by atoms with Crippen LogP contribution in [-0.2, 0) is 4.74 Å². The van der Waals surface area contributed by atoms with Gasteiger partial charge < -0.3 is 20.1 Å². The van der Waals surface area contributed by atoms with E-state index in [9.17, 15) is 10.2 Å². The molecule has 0 aromatic carbocycles. The van der Waals surface area contributed by atoms with Crippen molar-refractivity contribution in [1.82, 2.24) is 0 Å². The second-order valence-electron chi connectivity index (χ2n) is 3.17. The maximum Gasteiger partial charge on any atom is 0.111 e. The maximum atomic E-state index is 9.40. The average Bonchev–Trinajstić information content (AvgIpc) is 2.33. The standard InChI is InChI=1S/C8H16O4/c1-2-3-5-7(10)8(11)6(4-9)12-5/h5-11H,2-4H2,1H3/t5-,6-,7+,8-/m0/s1. The van der Waals surface area contributed by atoms with Gasteiger partial charge in [-0.3, -0.25) is 0 Å². The first-order valence-electron chi connectivity index (χ1n) is 4.33. The Morgan fingerprint density at radius 1 is 1.17 bits per heavy atom. The van der Waals surface area contributed by atoms with E-state index >= 15 is 0 Å². The molecule has 1 rings (SSSR count). The van der Waals surface area contributed by atoms with Crippen LogP contribution in [0.4, 0.5) is 0 Å². The number of ether oxygens (including phenoxy) is 1. The van der Waals surface area contributed by atoms with E-state index in [-0.39, 0.29) is 12.7 Å². The lowest BCUT2D eigenvalue weighted by atomic mass is 10.1. The Kier molecular flexibility index (Phi) is 3.46. The summed E-state index contributed by atoms with van der Waals surface area (Å²) in [5.74, 6) is 0. The Balaban J connectivity index is 2.48. The molecule has 72 valence electrons. The van der Waals surface area contributed by atoms with Crippen LogP contribution in [0.15, 0.2) is 0 Å². The van der Waals surface area contributed by atoms with E-state index < -0.39 is 18.3 Å². The van der Waals surface area contributed by atoms with Gasteiger partial charge in [0.2, 0.25) is 0 Å². The fraction of sp³-hybridized carbons (Fsp3) is 1.00. The summed E-state index contributed by atoms with van der Waals surface area (Å²) >= 11 is 0. The molecule has 0 unspecified atom stereocenters. The average molecular weight is 176 g/mol. The Hall–Kier alpha value is -0.160. The molecule has 0 amide bonds. The van der Waals surface area contributed by atoms with Crippen LogP contribution in [0.25, 0.3) is 0 Å². The van der Waals surface area contributed by atoms with Gasteiger partial charge in [0.15, 0.2) is 0 Å². The van der Waals surface area contributed by atoms with Crippen molar-refractivity contribution in [3.05, 3.63) is 0 Å². The fourth-order valence-corrected chi connectivity index (χ4v) is 1.50. The van der Waals surface area contributed by atoms with E-state index in [1.54, 1.807) is 0 Å². The molecule has 4 atom stereocenters. The van der Waals surface area contributed by atoms with Crippen LogP contribution in [0.3, 0.4) is 0 Å². The molecule has 1 fully saturated rings. The lowest BCUT2D eigenvalue weighted by Gasteiger charge is -2.12. The molecule has 0 saturated carbocycles. The van der Waals surface area contributed by atoms with E-state index in [2.05, 4.69) is 0 Å². The third kappa shape index (κ3) is 1.77. The molecule has 0 aliphatic carbocycles. The topological polar surface area (TPSA) is 69.9 Å². The van der Waals surface area contributed by atoms with Crippen molar-refractivity contribution in [2.45, 2.75) is 44.2 Å². The smallest absolute Gasteiger partial charge is 0.111 e. The monoisotopic (exact) mass is 176 g/mol. The van der Waals surface area contributed by atoms with E-state index in [0.29, 0.717) is 6.42 Å². The van der Waals surface area contributed by atoms with E-state index in [0.717, 1.165) is 6.42 Å². The van der Waals surface area contributed by atoms with E-state index in [1.807, 2.05) is 6.92 Å². The Labute approximate surface area is 71.8 Å². The third-order valence-corrected chi connectivity index (χ3v) is 2.21. The number of rotatable bonds is 3. The highest BCUT2D eigenvalue weighted by molar-refractivity contribution is 4.89. The van der Waals surface area contributed by atoms with Crippen LogP contribution in [0.2, 0.25) is 0 Å². The zero-order chi connectivity index (χ0) is 9.14. The SMILES string of the molecule is CCC[C@@H]1O[C@@H](CO)[C@H](O)[C@@H]1O. The Bertz CT molecular complexity index is 139. The largest absolute Gasteiger partial charge is 0.394 e. The fourth-order valence-electron chi connectivity index (χ4n) is 1.50. The zero-order valence-electron chi connectivity index (χ0n) is 7.18. The molecule has 1 saturated heterocycles. The molecule has 4 heteroatoms. The van der Waals surface area contributed by atoms with Crippen LogP contribution in [0, 0.1) is 0 Å². The van der Waals surface area contributed by atoms with Gasteiger partial charge in [-0.1, -0.05) is 13.3 Å². The summed E-state index contributed by atoms with van der Waals surface area (Å²) in [6, 6.07) is 0. The minimum absolute atomic E-state index is 0.238. The van der Waals surface area contributed by atoms with Crippen LogP contribution < -0.4 is 0 Å². The number of aliphatic hydroxyl groups is 3. The molecular weight excluding hydrogens is 160 g/mol. The molecule has 1 heterocycles. The van der Waals surface area contributed by atoms with Gasteiger partial charge in [-0.05, 0) is 6.42 Å². The first kappa shape index (κ1) is 9.92. The summed E-state index contributed by atoms with van der Waals surface area (Å²) in [4.78, 5) is 0. The number of hydrogen-bond acceptors (Lipinski definition) is 4. The molecule has 0 aromatic rings. The molecule has 1 aliphatic rings. The highest BCUT2D eigenvalue weighted by Crippen LogP contribution is 2.23. The van der Waals surface area contributed by atoms with Gasteiger partial charge in [0, 0.05) is 0 Å². The minimum Gasteiger partial charge on any atom is -0.394 e. The van der Waals surface area contributed by atoms with E-state index in [4.69, 9.17) is 9.84 Å². The maximum absolute atomic E-state index is 9.40. The van der Waals surface area contributed by atoms with Crippen LogP contribution in [0.1, 0.15) is 19.8 Å². The van der Waals surface area contributed by atoms with Crippen LogP contribution >= 0.6 is 0 Å². The predicted molar refractivity (Wildman–Crippen MR) is 42.7 cm³/mol. The summed E-state index contributed by atoms with van der Waals surface area (Å²) in [7, 11) is 0. The molecule has 3 N–H and O–H groups in total. The van der Waals surface area contributed by atoms with Gasteiger partial charge in [-0.25, -0.2) is 0 Å². The van der Waals surface area contributed by atoms with Gasteiger partial charge in [-0.2, -0.15) is 0 Å². The zero-order valence-corrected chi connectivity index (χ0v) is 7.18. The highest BCUT2D eigenvalue weighted by Gasteiger charge is 2.41. The van der Waals surface area contributed by atoms with Crippen molar-refractivity contribution < 1.29 is 20.1 Å². The first-order chi connectivity index (χ1) is 5.70. The highest BCUT2D eigenvalue weighted by atomic mass is 16.6. The molecule has 1 aliphatic heterocycles. The van der Waals surface area contributed by atoms with Gasteiger partial charge in [0.1, 0.15) is 18.3 Å². The Morgan fingerprint density at radius 3 is 2.17 bits per heavy atom. The molecule has 12 heavy (non-hydrogen) atoms. The summed E-state index contributed by atoms with van der Waals surface area (Å²) in [5, 5.41) is 27.5. The van der Waals surface area contributed by atoms with Gasteiger partial charge >= 0.3 is 0 Å². The van der Waals surface area contributed by atoms with Crippen molar-refractivity contribution in [3.8, 4) is 0 Å². The third-order valence-electron chi connectivity index (χ3n) is 2.21. The molecule has 0 aromatic heterocycles. The molecule has 0 bridgehead atoms. The van der Waals surface area contributed by atoms with Crippen molar-refractivity contribution in [2.24, 2.45) is 0 Å². The molecular formula is C8H16O4. The van der Waals surface area contributed by atoms with Crippen LogP contribution in [-0.4, -0.2) is 46.3 Å².